The van der Waals surface area contributed by atoms with E-state index in [1.165, 1.54) is 6.07 Å². The number of hydrogen-bond donors (Lipinski definition) is 1. The van der Waals surface area contributed by atoms with Gasteiger partial charge in [-0.3, -0.25) is 0 Å². The molecule has 2 atom stereocenters. The Morgan fingerprint density at radius 3 is 2.71 bits per heavy atom. The van der Waals surface area contributed by atoms with Gasteiger partial charge in [0.2, 0.25) is 0 Å². The van der Waals surface area contributed by atoms with E-state index in [4.69, 9.17) is 5.73 Å². The van der Waals surface area contributed by atoms with E-state index in [1.807, 2.05) is 25.1 Å². The minimum absolute atomic E-state index is 0.152. The summed E-state index contributed by atoms with van der Waals surface area (Å²) in [6, 6.07) is 7.10. The van der Waals surface area contributed by atoms with Crippen molar-refractivity contribution in [3.05, 3.63) is 42.2 Å². The van der Waals surface area contributed by atoms with Gasteiger partial charge in [-0.2, -0.15) is 0 Å². The summed E-state index contributed by atoms with van der Waals surface area (Å²) in [5.74, 6) is 0.283. The third-order valence-corrected chi connectivity index (χ3v) is 3.24. The van der Waals surface area contributed by atoms with Gasteiger partial charge in [-0.1, -0.05) is 24.3 Å². The number of nitrogens with zero attached hydrogens (tertiary/aromatic N) is 1. The average molecular weight is 234 g/mol. The van der Waals surface area contributed by atoms with Gasteiger partial charge in [-0.25, -0.2) is 4.39 Å². The highest BCUT2D eigenvalue weighted by Gasteiger charge is 2.19. The summed E-state index contributed by atoms with van der Waals surface area (Å²) in [5.41, 5.74) is 6.52. The van der Waals surface area contributed by atoms with Crippen molar-refractivity contribution < 1.29 is 4.39 Å². The van der Waals surface area contributed by atoms with Crippen molar-refractivity contribution in [3.8, 4) is 0 Å². The Balaban J connectivity index is 2.07. The fourth-order valence-electron chi connectivity index (χ4n) is 2.33. The van der Waals surface area contributed by atoms with E-state index in [0.29, 0.717) is 11.6 Å². The van der Waals surface area contributed by atoms with Crippen LogP contribution in [-0.4, -0.2) is 19.1 Å². The van der Waals surface area contributed by atoms with E-state index in [1.54, 1.807) is 6.07 Å². The standard InChI is InChI=1S/C14H19FN2/c1-2-17(10-11-7-8-12(16)9-11)14-6-4-3-5-13(14)15/h3-8,11-12H,2,9-10,16H2,1H3. The minimum Gasteiger partial charge on any atom is -0.369 e. The lowest BCUT2D eigenvalue weighted by molar-refractivity contribution is 0.562. The second-order valence-electron chi connectivity index (χ2n) is 4.53. The lowest BCUT2D eigenvalue weighted by Gasteiger charge is -2.26. The molecule has 0 fully saturated rings. The van der Waals surface area contributed by atoms with Crippen molar-refractivity contribution in [1.82, 2.24) is 0 Å². The van der Waals surface area contributed by atoms with Crippen LogP contribution in [0, 0.1) is 11.7 Å². The van der Waals surface area contributed by atoms with E-state index in [2.05, 4.69) is 11.0 Å². The van der Waals surface area contributed by atoms with Crippen LogP contribution in [-0.2, 0) is 0 Å². The molecule has 1 aliphatic carbocycles. The van der Waals surface area contributed by atoms with E-state index < -0.39 is 0 Å². The molecule has 2 unspecified atom stereocenters. The number of benzene rings is 1. The molecule has 0 radical (unpaired) electrons. The highest BCUT2D eigenvalue weighted by atomic mass is 19.1. The predicted molar refractivity (Wildman–Crippen MR) is 69.5 cm³/mol. The van der Waals surface area contributed by atoms with Crippen LogP contribution in [0.15, 0.2) is 36.4 Å². The molecule has 17 heavy (non-hydrogen) atoms. The van der Waals surface area contributed by atoms with Crippen LogP contribution in [0.1, 0.15) is 13.3 Å². The van der Waals surface area contributed by atoms with E-state index in [0.717, 1.165) is 19.5 Å². The Morgan fingerprint density at radius 1 is 1.35 bits per heavy atom. The number of anilines is 1. The maximum Gasteiger partial charge on any atom is 0.146 e. The monoisotopic (exact) mass is 234 g/mol. The molecule has 2 N–H and O–H groups in total. The van der Waals surface area contributed by atoms with Gasteiger partial charge in [0, 0.05) is 19.1 Å². The lowest BCUT2D eigenvalue weighted by atomic mass is 10.1. The molecule has 0 heterocycles. The number of hydrogen-bond acceptors (Lipinski definition) is 2. The number of rotatable bonds is 4. The molecule has 1 aliphatic rings. The van der Waals surface area contributed by atoms with Crippen molar-refractivity contribution >= 4 is 5.69 Å². The largest absolute Gasteiger partial charge is 0.369 e. The highest BCUT2D eigenvalue weighted by molar-refractivity contribution is 5.47. The molecule has 0 aromatic heterocycles. The molecular formula is C14H19FN2. The highest BCUT2D eigenvalue weighted by Crippen LogP contribution is 2.23. The first-order valence-corrected chi connectivity index (χ1v) is 6.14. The molecule has 0 saturated carbocycles. The van der Waals surface area contributed by atoms with Crippen molar-refractivity contribution in [2.75, 3.05) is 18.0 Å². The van der Waals surface area contributed by atoms with Gasteiger partial charge in [-0.15, -0.1) is 0 Å². The molecule has 0 saturated heterocycles. The summed E-state index contributed by atoms with van der Waals surface area (Å²) in [7, 11) is 0. The van der Waals surface area contributed by atoms with E-state index >= 15 is 0 Å². The summed E-state index contributed by atoms with van der Waals surface area (Å²) < 4.78 is 13.7. The molecule has 3 heteroatoms. The summed E-state index contributed by atoms with van der Waals surface area (Å²) in [5, 5.41) is 0. The van der Waals surface area contributed by atoms with Crippen LogP contribution < -0.4 is 10.6 Å². The summed E-state index contributed by atoms with van der Waals surface area (Å²) >= 11 is 0. The topological polar surface area (TPSA) is 29.3 Å². The minimum atomic E-state index is -0.152. The Hall–Kier alpha value is -1.35. The van der Waals surface area contributed by atoms with Gasteiger partial charge in [-0.05, 0) is 31.4 Å². The van der Waals surface area contributed by atoms with Crippen molar-refractivity contribution in [1.29, 1.82) is 0 Å². The molecule has 2 rings (SSSR count). The van der Waals surface area contributed by atoms with Gasteiger partial charge in [0.25, 0.3) is 0 Å². The molecule has 2 nitrogen and oxygen atoms in total. The SMILES string of the molecule is CCN(CC1C=CC(N)C1)c1ccccc1F. The zero-order valence-electron chi connectivity index (χ0n) is 10.1. The van der Waals surface area contributed by atoms with Gasteiger partial charge in [0.1, 0.15) is 5.82 Å². The Bertz CT molecular complexity index is 403. The Morgan fingerprint density at radius 2 is 2.12 bits per heavy atom. The van der Waals surface area contributed by atoms with Gasteiger partial charge >= 0.3 is 0 Å². The zero-order valence-corrected chi connectivity index (χ0v) is 10.1. The quantitative estimate of drug-likeness (QED) is 0.811. The first-order chi connectivity index (χ1) is 8.20. The van der Waals surface area contributed by atoms with Crippen molar-refractivity contribution in [3.63, 3.8) is 0 Å². The first kappa shape index (κ1) is 12.1. The second kappa shape index (κ2) is 5.32. The molecule has 1 aromatic carbocycles. The summed E-state index contributed by atoms with van der Waals surface area (Å²) in [6.45, 7) is 3.69. The van der Waals surface area contributed by atoms with Crippen LogP contribution in [0.3, 0.4) is 0 Å². The predicted octanol–water partition coefficient (Wildman–Crippen LogP) is 2.56. The van der Waals surface area contributed by atoms with E-state index in [9.17, 15) is 4.39 Å². The Kier molecular flexibility index (Phi) is 3.79. The Labute approximate surface area is 102 Å². The fourth-order valence-corrected chi connectivity index (χ4v) is 2.33. The van der Waals surface area contributed by atoms with Crippen LogP contribution in [0.4, 0.5) is 10.1 Å². The number of para-hydroxylation sites is 1. The molecule has 0 amide bonds. The fraction of sp³-hybridized carbons (Fsp3) is 0.429. The van der Waals surface area contributed by atoms with E-state index in [-0.39, 0.29) is 11.9 Å². The van der Waals surface area contributed by atoms with Crippen molar-refractivity contribution in [2.45, 2.75) is 19.4 Å². The molecule has 1 aromatic rings. The molecule has 92 valence electrons. The molecular weight excluding hydrogens is 215 g/mol. The van der Waals surface area contributed by atoms with Gasteiger partial charge in [0.05, 0.1) is 5.69 Å². The van der Waals surface area contributed by atoms with Crippen LogP contribution in [0.2, 0.25) is 0 Å². The van der Waals surface area contributed by atoms with Crippen LogP contribution in [0.5, 0.6) is 0 Å². The second-order valence-corrected chi connectivity index (χ2v) is 4.53. The molecule has 0 spiro atoms. The molecule has 0 bridgehead atoms. The van der Waals surface area contributed by atoms with Crippen LogP contribution >= 0.6 is 0 Å². The van der Waals surface area contributed by atoms with Gasteiger partial charge < -0.3 is 10.6 Å². The maximum absolute atomic E-state index is 13.7. The van der Waals surface area contributed by atoms with Gasteiger partial charge in [0.15, 0.2) is 0 Å². The maximum atomic E-state index is 13.7. The average Bonchev–Trinajstić information content (AvgIpc) is 2.73. The lowest BCUT2D eigenvalue weighted by Crippen LogP contribution is -2.30. The normalized spacial score (nSPS) is 23.0. The first-order valence-electron chi connectivity index (χ1n) is 6.14. The number of halogens is 1. The smallest absolute Gasteiger partial charge is 0.146 e. The molecule has 0 aliphatic heterocycles. The summed E-state index contributed by atoms with van der Waals surface area (Å²) in [4.78, 5) is 2.07. The number of nitrogens with two attached hydrogens (primary N) is 1. The summed E-state index contributed by atoms with van der Waals surface area (Å²) in [6.07, 6.45) is 5.15. The van der Waals surface area contributed by atoms with Crippen LogP contribution in [0.25, 0.3) is 0 Å². The third-order valence-electron chi connectivity index (χ3n) is 3.24. The third kappa shape index (κ3) is 2.86. The van der Waals surface area contributed by atoms with Crippen molar-refractivity contribution in [2.24, 2.45) is 11.7 Å². The zero-order chi connectivity index (χ0) is 12.3.